The van der Waals surface area contributed by atoms with Crippen LogP contribution in [0.2, 0.25) is 0 Å². The third kappa shape index (κ3) is 3.61. The van der Waals surface area contributed by atoms with Gasteiger partial charge in [0.2, 0.25) is 5.91 Å². The molecule has 0 aromatic heterocycles. The number of rotatable bonds is 5. The predicted octanol–water partition coefficient (Wildman–Crippen LogP) is 1.97. The second kappa shape index (κ2) is 6.72. The molecule has 0 saturated heterocycles. The van der Waals surface area contributed by atoms with E-state index >= 15 is 0 Å². The van der Waals surface area contributed by atoms with Crippen LogP contribution in [-0.4, -0.2) is 17.9 Å². The van der Waals surface area contributed by atoms with Gasteiger partial charge in [0.15, 0.2) is 0 Å². The lowest BCUT2D eigenvalue weighted by molar-refractivity contribution is -0.120. The van der Waals surface area contributed by atoms with Crippen LogP contribution >= 0.6 is 0 Å². The Hall–Kier alpha value is -2.87. The Kier molecular flexibility index (Phi) is 4.74. The second-order valence-electron chi connectivity index (χ2n) is 5.26. The van der Waals surface area contributed by atoms with E-state index in [1.54, 1.807) is 19.1 Å². The average Bonchev–Trinajstić information content (AvgIpc) is 2.53. The highest BCUT2D eigenvalue weighted by atomic mass is 16.2. The van der Waals surface area contributed by atoms with Crippen molar-refractivity contribution >= 4 is 22.6 Å². The van der Waals surface area contributed by atoms with E-state index in [0.717, 1.165) is 10.8 Å². The summed E-state index contributed by atoms with van der Waals surface area (Å²) < 4.78 is 0. The zero-order valence-corrected chi connectivity index (χ0v) is 12.2. The number of fused-ring (bicyclic) bond motifs is 1. The van der Waals surface area contributed by atoms with E-state index in [9.17, 15) is 9.59 Å². The molecule has 2 aromatic carbocycles. The molecule has 5 nitrogen and oxygen atoms in total. The van der Waals surface area contributed by atoms with E-state index in [-0.39, 0.29) is 18.2 Å². The molecule has 0 heterocycles. The van der Waals surface area contributed by atoms with Crippen molar-refractivity contribution in [2.75, 3.05) is 0 Å². The summed E-state index contributed by atoms with van der Waals surface area (Å²) in [5.41, 5.74) is 5.75. The highest BCUT2D eigenvalue weighted by Crippen LogP contribution is 2.16. The molecule has 0 bridgehead atoms. The summed E-state index contributed by atoms with van der Waals surface area (Å²) in [5, 5.41) is 13.4. The molecule has 0 saturated carbocycles. The summed E-state index contributed by atoms with van der Waals surface area (Å²) in [6.45, 7) is 1.68. The van der Waals surface area contributed by atoms with E-state index in [0.29, 0.717) is 5.56 Å². The molecular weight excluding hydrogens is 278 g/mol. The van der Waals surface area contributed by atoms with Crippen LogP contribution in [0.25, 0.3) is 10.8 Å². The van der Waals surface area contributed by atoms with Crippen molar-refractivity contribution in [3.63, 3.8) is 0 Å². The van der Waals surface area contributed by atoms with Gasteiger partial charge in [-0.3, -0.25) is 9.59 Å². The molecule has 3 N–H and O–H groups in total. The van der Waals surface area contributed by atoms with Gasteiger partial charge in [-0.1, -0.05) is 30.3 Å². The average molecular weight is 295 g/mol. The van der Waals surface area contributed by atoms with E-state index in [1.165, 1.54) is 0 Å². The van der Waals surface area contributed by atoms with Gasteiger partial charge in [0.05, 0.1) is 6.07 Å². The highest BCUT2D eigenvalue weighted by molar-refractivity contribution is 6.00. The van der Waals surface area contributed by atoms with Gasteiger partial charge in [0.25, 0.3) is 5.91 Å². The maximum atomic E-state index is 12.3. The lowest BCUT2D eigenvalue weighted by atomic mass is 10.0. The minimum absolute atomic E-state index is 0.200. The van der Waals surface area contributed by atoms with Crippen LogP contribution in [0.3, 0.4) is 0 Å². The van der Waals surface area contributed by atoms with Crippen molar-refractivity contribution < 1.29 is 9.59 Å². The molecule has 5 heteroatoms. The molecule has 2 aromatic rings. The van der Waals surface area contributed by atoms with Crippen molar-refractivity contribution in [1.82, 2.24) is 5.32 Å². The minimum atomic E-state index is -0.853. The third-order valence-corrected chi connectivity index (χ3v) is 3.47. The summed E-state index contributed by atoms with van der Waals surface area (Å²) in [4.78, 5) is 23.7. The Morgan fingerprint density at radius 2 is 1.91 bits per heavy atom. The Morgan fingerprint density at radius 3 is 2.55 bits per heavy atom. The monoisotopic (exact) mass is 295 g/mol. The molecule has 22 heavy (non-hydrogen) atoms. The molecule has 2 rings (SSSR count). The fourth-order valence-electron chi connectivity index (χ4n) is 2.22. The zero-order chi connectivity index (χ0) is 16.1. The summed E-state index contributed by atoms with van der Waals surface area (Å²) in [7, 11) is 0. The first-order valence-electron chi connectivity index (χ1n) is 7.00. The topological polar surface area (TPSA) is 96.0 Å². The number of nitrogens with two attached hydrogens (primary N) is 1. The zero-order valence-electron chi connectivity index (χ0n) is 12.2. The van der Waals surface area contributed by atoms with Gasteiger partial charge in [-0.2, -0.15) is 5.26 Å². The van der Waals surface area contributed by atoms with Gasteiger partial charge in [-0.25, -0.2) is 0 Å². The second-order valence-corrected chi connectivity index (χ2v) is 5.26. The first kappa shape index (κ1) is 15.5. The van der Waals surface area contributed by atoms with E-state index in [1.807, 2.05) is 36.4 Å². The Labute approximate surface area is 128 Å². The number of nitriles is 1. The van der Waals surface area contributed by atoms with Crippen molar-refractivity contribution in [2.45, 2.75) is 19.4 Å². The number of primary amides is 1. The van der Waals surface area contributed by atoms with E-state index < -0.39 is 11.9 Å². The van der Waals surface area contributed by atoms with Gasteiger partial charge in [0.1, 0.15) is 6.04 Å². The smallest absolute Gasteiger partial charge is 0.251 e. The molecule has 2 amide bonds. The molecule has 0 spiro atoms. The summed E-state index contributed by atoms with van der Waals surface area (Å²) >= 11 is 0. The SMILES string of the molecule is C[C@H](C#N)C[C@H](NC(=O)c1ccc2ccccc2c1)C(N)=O. The predicted molar refractivity (Wildman–Crippen MR) is 83.8 cm³/mol. The van der Waals surface area contributed by atoms with Crippen LogP contribution in [0.5, 0.6) is 0 Å². The maximum Gasteiger partial charge on any atom is 0.251 e. The van der Waals surface area contributed by atoms with Crippen LogP contribution in [0.1, 0.15) is 23.7 Å². The van der Waals surface area contributed by atoms with Gasteiger partial charge in [-0.05, 0) is 36.2 Å². The number of carbonyl (C=O) groups excluding carboxylic acids is 2. The maximum absolute atomic E-state index is 12.3. The molecule has 2 atom stereocenters. The molecule has 0 aliphatic carbocycles. The molecular formula is C17H17N3O2. The Balaban J connectivity index is 2.18. The van der Waals surface area contributed by atoms with Gasteiger partial charge in [-0.15, -0.1) is 0 Å². The fourth-order valence-corrected chi connectivity index (χ4v) is 2.22. The first-order chi connectivity index (χ1) is 10.5. The van der Waals surface area contributed by atoms with Crippen LogP contribution in [0.15, 0.2) is 42.5 Å². The molecule has 112 valence electrons. The summed E-state index contributed by atoms with van der Waals surface area (Å²) in [5.74, 6) is -1.38. The van der Waals surface area contributed by atoms with E-state index in [4.69, 9.17) is 11.0 Å². The minimum Gasteiger partial charge on any atom is -0.368 e. The van der Waals surface area contributed by atoms with Gasteiger partial charge in [0, 0.05) is 11.5 Å². The lowest BCUT2D eigenvalue weighted by Gasteiger charge is -2.16. The number of nitrogens with one attached hydrogen (secondary N) is 1. The van der Waals surface area contributed by atoms with Crippen molar-refractivity contribution in [2.24, 2.45) is 11.7 Å². The standard InChI is InChI=1S/C17H17N3O2/c1-11(10-18)8-15(16(19)21)20-17(22)14-7-6-12-4-2-3-5-13(12)9-14/h2-7,9,11,15H,8H2,1H3,(H2,19,21)(H,20,22)/t11-,15-/m0/s1. The van der Waals surface area contributed by atoms with Gasteiger partial charge < -0.3 is 11.1 Å². The molecule has 0 aliphatic rings. The Bertz CT molecular complexity index is 749. The summed E-state index contributed by atoms with van der Waals surface area (Å²) in [6, 6.07) is 14.2. The van der Waals surface area contributed by atoms with Crippen molar-refractivity contribution in [3.05, 3.63) is 48.0 Å². The lowest BCUT2D eigenvalue weighted by Crippen LogP contribution is -2.45. The quantitative estimate of drug-likeness (QED) is 0.882. The van der Waals surface area contributed by atoms with Crippen molar-refractivity contribution in [3.8, 4) is 6.07 Å². The number of carbonyl (C=O) groups is 2. The van der Waals surface area contributed by atoms with Crippen LogP contribution in [0, 0.1) is 17.2 Å². The molecule has 0 aliphatic heterocycles. The van der Waals surface area contributed by atoms with Crippen LogP contribution in [0.4, 0.5) is 0 Å². The largest absolute Gasteiger partial charge is 0.368 e. The fraction of sp³-hybridized carbons (Fsp3) is 0.235. The molecule has 0 fully saturated rings. The molecule has 0 unspecified atom stereocenters. The normalized spacial score (nSPS) is 13.1. The van der Waals surface area contributed by atoms with Crippen LogP contribution in [-0.2, 0) is 4.79 Å². The first-order valence-corrected chi connectivity index (χ1v) is 7.00. The summed E-state index contributed by atoms with van der Waals surface area (Å²) in [6.07, 6.45) is 0.200. The molecule has 0 radical (unpaired) electrons. The van der Waals surface area contributed by atoms with Crippen molar-refractivity contribution in [1.29, 1.82) is 5.26 Å². The van der Waals surface area contributed by atoms with Gasteiger partial charge >= 0.3 is 0 Å². The number of nitrogens with zero attached hydrogens (tertiary/aromatic N) is 1. The number of hydrogen-bond acceptors (Lipinski definition) is 3. The Morgan fingerprint density at radius 1 is 1.23 bits per heavy atom. The number of hydrogen-bond donors (Lipinski definition) is 2. The number of amides is 2. The van der Waals surface area contributed by atoms with Crippen LogP contribution < -0.4 is 11.1 Å². The number of benzene rings is 2. The van der Waals surface area contributed by atoms with E-state index in [2.05, 4.69) is 5.32 Å². The highest BCUT2D eigenvalue weighted by Gasteiger charge is 2.21. The third-order valence-electron chi connectivity index (χ3n) is 3.47.